The number of amides is 2. The van der Waals surface area contributed by atoms with Crippen LogP contribution in [0.3, 0.4) is 0 Å². The van der Waals surface area contributed by atoms with E-state index >= 15 is 0 Å². The van der Waals surface area contributed by atoms with E-state index in [1.165, 1.54) is 11.1 Å². The predicted octanol–water partition coefficient (Wildman–Crippen LogP) is 6.32. The van der Waals surface area contributed by atoms with E-state index in [0.717, 1.165) is 6.42 Å². The first-order valence-corrected chi connectivity index (χ1v) is 15.0. The highest BCUT2D eigenvalue weighted by Gasteiger charge is 2.30. The maximum atomic E-state index is 13.3. The van der Waals surface area contributed by atoms with Crippen molar-refractivity contribution in [3.8, 4) is 22.7 Å². The largest absolute Gasteiger partial charge is 0.354 e. The average Bonchev–Trinajstić information content (AvgIpc) is 3.44. The number of pyridine rings is 1. The average molecular weight is 657 g/mol. The molecule has 3 rings (SSSR count). The zero-order chi connectivity index (χ0) is 31.1. The van der Waals surface area contributed by atoms with Crippen LogP contribution in [-0.4, -0.2) is 51.2 Å². The van der Waals surface area contributed by atoms with Crippen LogP contribution in [0.15, 0.2) is 47.1 Å². The fourth-order valence-corrected chi connectivity index (χ4v) is 5.05. The molecular weight excluding hydrogens is 624 g/mol. The molecule has 0 bridgehead atoms. The van der Waals surface area contributed by atoms with E-state index < -0.39 is 28.7 Å². The highest BCUT2D eigenvalue weighted by atomic mass is 35.5. The molecular formula is C29H33Cl4N5O4. The summed E-state index contributed by atoms with van der Waals surface area (Å²) < 4.78 is 5.50. The van der Waals surface area contributed by atoms with Gasteiger partial charge in [-0.3, -0.25) is 19.4 Å². The Hall–Kier alpha value is -2.69. The molecule has 3 N–H and O–H groups in total. The van der Waals surface area contributed by atoms with Crippen LogP contribution in [0.5, 0.6) is 0 Å². The number of rotatable bonds is 13. The Balaban J connectivity index is 1.83. The Bertz CT molecular complexity index is 1390. The van der Waals surface area contributed by atoms with E-state index in [1.807, 2.05) is 27.7 Å². The van der Waals surface area contributed by atoms with Crippen LogP contribution in [0.4, 0.5) is 5.69 Å². The Kier molecular flexibility index (Phi) is 12.2. The fourth-order valence-electron chi connectivity index (χ4n) is 4.22. The molecule has 2 aromatic heterocycles. The second kappa shape index (κ2) is 15.2. The quantitative estimate of drug-likeness (QED) is 0.206. The number of benzene rings is 1. The summed E-state index contributed by atoms with van der Waals surface area (Å²) in [6.07, 6.45) is 2.12. The Morgan fingerprint density at radius 1 is 1.05 bits per heavy atom. The van der Waals surface area contributed by atoms with E-state index in [1.54, 1.807) is 36.4 Å². The summed E-state index contributed by atoms with van der Waals surface area (Å²) in [4.78, 5) is 43.2. The third kappa shape index (κ3) is 8.23. The van der Waals surface area contributed by atoms with Crippen LogP contribution < -0.4 is 16.0 Å². The lowest BCUT2D eigenvalue weighted by molar-refractivity contribution is -0.130. The van der Waals surface area contributed by atoms with Gasteiger partial charge in [-0.2, -0.15) is 0 Å². The number of hydrogen-bond acceptors (Lipinski definition) is 7. The molecule has 0 spiro atoms. The van der Waals surface area contributed by atoms with E-state index in [4.69, 9.17) is 56.7 Å². The van der Waals surface area contributed by atoms with E-state index in [9.17, 15) is 14.4 Å². The minimum atomic E-state index is -1.38. The Morgan fingerprint density at radius 2 is 1.71 bits per heavy atom. The van der Waals surface area contributed by atoms with E-state index in [-0.39, 0.29) is 30.6 Å². The summed E-state index contributed by atoms with van der Waals surface area (Å²) in [5, 5.41) is 7.66. The van der Waals surface area contributed by atoms with Gasteiger partial charge in [0.15, 0.2) is 16.4 Å². The van der Waals surface area contributed by atoms with Crippen LogP contribution in [0.25, 0.3) is 22.7 Å². The number of alkyl halides is 2. The molecule has 1 aromatic carbocycles. The molecule has 0 radical (unpaired) electrons. The highest BCUT2D eigenvalue weighted by molar-refractivity contribution is 6.54. The van der Waals surface area contributed by atoms with Crippen molar-refractivity contribution in [1.82, 2.24) is 15.5 Å². The van der Waals surface area contributed by atoms with Crippen LogP contribution in [0.1, 0.15) is 40.5 Å². The first-order valence-electron chi connectivity index (χ1n) is 13.4. The van der Waals surface area contributed by atoms with Gasteiger partial charge >= 0.3 is 0 Å². The molecule has 0 aliphatic rings. The third-order valence-corrected chi connectivity index (χ3v) is 7.95. The number of nitrogens with zero attached hydrogens (tertiary/aromatic N) is 3. The Morgan fingerprint density at radius 3 is 2.31 bits per heavy atom. The van der Waals surface area contributed by atoms with E-state index in [2.05, 4.69) is 15.5 Å². The topological polar surface area (TPSA) is 131 Å². The maximum absolute atomic E-state index is 13.3. The van der Waals surface area contributed by atoms with Gasteiger partial charge in [0.2, 0.25) is 5.91 Å². The fraction of sp³-hybridized carbons (Fsp3) is 0.414. The first-order chi connectivity index (χ1) is 19.8. The summed E-state index contributed by atoms with van der Waals surface area (Å²) in [6.45, 7) is 7.42. The number of nitrogens with two attached hydrogens (primary N) is 1. The molecule has 9 nitrogen and oxygen atoms in total. The zero-order valence-electron chi connectivity index (χ0n) is 23.6. The lowest BCUT2D eigenvalue weighted by Crippen LogP contribution is -2.52. The van der Waals surface area contributed by atoms with Gasteiger partial charge in [0.05, 0.1) is 22.1 Å². The second-order valence-corrected chi connectivity index (χ2v) is 12.1. The molecule has 3 atom stereocenters. The molecule has 0 saturated heterocycles. The third-order valence-electron chi connectivity index (χ3n) is 6.94. The Labute approximate surface area is 265 Å². The number of ketones is 1. The van der Waals surface area contributed by atoms with Crippen molar-refractivity contribution in [3.05, 3.63) is 52.6 Å². The smallest absolute Gasteiger partial charge is 0.260 e. The van der Waals surface area contributed by atoms with Crippen LogP contribution in [-0.2, 0) is 14.4 Å². The molecule has 2 amide bonds. The van der Waals surface area contributed by atoms with Gasteiger partial charge in [0, 0.05) is 36.5 Å². The monoisotopic (exact) mass is 655 g/mol. The maximum Gasteiger partial charge on any atom is 0.260 e. The number of nitrogens with one attached hydrogen (secondary N) is 1. The number of aromatic nitrogens is 2. The molecule has 2 unspecified atom stereocenters. The molecule has 0 fully saturated rings. The molecule has 13 heteroatoms. The number of hydrogen-bond donors (Lipinski definition) is 2. The minimum Gasteiger partial charge on any atom is -0.354 e. The van der Waals surface area contributed by atoms with Gasteiger partial charge in [-0.05, 0) is 36.1 Å². The second-order valence-electron chi connectivity index (χ2n) is 10.2. The van der Waals surface area contributed by atoms with Gasteiger partial charge in [-0.1, -0.05) is 91.7 Å². The van der Waals surface area contributed by atoms with E-state index in [0.29, 0.717) is 38.4 Å². The minimum absolute atomic E-state index is 0.0478. The van der Waals surface area contributed by atoms with Gasteiger partial charge < -0.3 is 20.5 Å². The van der Waals surface area contributed by atoms with Crippen molar-refractivity contribution in [2.45, 2.75) is 57.5 Å². The highest BCUT2D eigenvalue weighted by Crippen LogP contribution is 2.36. The molecule has 3 aromatic rings. The number of Topliss-reactive ketones (excluding diaryl/α,β-unsaturated/α-hetero) is 1. The van der Waals surface area contributed by atoms with Crippen molar-refractivity contribution in [1.29, 1.82) is 0 Å². The van der Waals surface area contributed by atoms with Crippen molar-refractivity contribution < 1.29 is 18.9 Å². The summed E-state index contributed by atoms with van der Waals surface area (Å²) in [7, 11) is 0. The van der Waals surface area contributed by atoms with Crippen LogP contribution in [0.2, 0.25) is 10.0 Å². The van der Waals surface area contributed by atoms with Gasteiger partial charge in [-0.15, -0.1) is 0 Å². The molecule has 2 heterocycles. The summed E-state index contributed by atoms with van der Waals surface area (Å²) in [5.74, 6) is -1.25. The summed E-state index contributed by atoms with van der Waals surface area (Å²) in [5.41, 5.74) is 7.71. The van der Waals surface area contributed by atoms with Gasteiger partial charge in [-0.25, -0.2) is 0 Å². The van der Waals surface area contributed by atoms with Crippen LogP contribution in [0, 0.1) is 11.8 Å². The molecule has 42 heavy (non-hydrogen) atoms. The molecule has 0 aliphatic carbocycles. The summed E-state index contributed by atoms with van der Waals surface area (Å²) in [6, 6.07) is 8.36. The SMILES string of the molecule is CCC(C)[C@H](N)C(=O)NC(C(=O)CCN(C(=O)C(Cl)Cl)c1ccnc(-c2cc(-c3c(Cl)cccc3Cl)no2)c1)C(C)C. The molecule has 0 aliphatic heterocycles. The standard InChI is InChI=1S/C29H33Cl4N5O4/c1-5-16(4)25(34)28(40)36-26(15(2)3)22(39)10-12-38(29(41)27(32)33)17-9-11-35-20(13-17)23-14-21(37-42-23)24-18(30)7-6-8-19(24)31/h6-9,11,13-16,25-27H,5,10,12,34H2,1-4H3,(H,36,40)/t16?,25-,26?/m0/s1. The van der Waals surface area contributed by atoms with Crippen molar-refractivity contribution in [3.63, 3.8) is 0 Å². The summed E-state index contributed by atoms with van der Waals surface area (Å²) >= 11 is 24.5. The first kappa shape index (κ1) is 33.8. The molecule has 226 valence electrons. The van der Waals surface area contributed by atoms with Crippen molar-refractivity contribution in [2.75, 3.05) is 11.4 Å². The number of anilines is 1. The number of carbonyl (C=O) groups is 3. The lowest BCUT2D eigenvalue weighted by atomic mass is 9.95. The normalized spacial score (nSPS) is 13.6. The van der Waals surface area contributed by atoms with Crippen molar-refractivity contribution in [2.24, 2.45) is 17.6 Å². The van der Waals surface area contributed by atoms with Gasteiger partial charge in [0.1, 0.15) is 11.4 Å². The zero-order valence-corrected chi connectivity index (χ0v) is 26.6. The number of carbonyl (C=O) groups excluding carboxylic acids is 3. The van der Waals surface area contributed by atoms with Crippen LogP contribution >= 0.6 is 46.4 Å². The van der Waals surface area contributed by atoms with Gasteiger partial charge in [0.25, 0.3) is 5.91 Å². The number of halogens is 4. The lowest BCUT2D eigenvalue weighted by Gasteiger charge is -2.27. The molecule has 0 saturated carbocycles. The predicted molar refractivity (Wildman–Crippen MR) is 167 cm³/mol. The van der Waals surface area contributed by atoms with Crippen molar-refractivity contribution >= 4 is 69.7 Å².